The minimum absolute atomic E-state index is 0.227. The van der Waals surface area contributed by atoms with E-state index in [9.17, 15) is 0 Å². The monoisotopic (exact) mass is 455 g/mol. The van der Waals surface area contributed by atoms with Crippen molar-refractivity contribution in [3.63, 3.8) is 0 Å². The van der Waals surface area contributed by atoms with E-state index in [1.54, 1.807) is 14.2 Å². The number of anilines is 1. The maximum Gasteiger partial charge on any atom is 0.164 e. The zero-order chi connectivity index (χ0) is 23.2. The molecule has 0 aliphatic carbocycles. The molecule has 3 N–H and O–H groups in total. The molecule has 1 aromatic carbocycles. The molecule has 0 saturated carbocycles. The van der Waals surface area contributed by atoms with Gasteiger partial charge >= 0.3 is 0 Å². The summed E-state index contributed by atoms with van der Waals surface area (Å²) in [6.07, 6.45) is 2.32. The van der Waals surface area contributed by atoms with Crippen LogP contribution in [-0.4, -0.2) is 59.4 Å². The largest absolute Gasteiger partial charge is 0.497 e. The third kappa shape index (κ3) is 3.89. The number of rotatable bonds is 7. The van der Waals surface area contributed by atoms with Crippen LogP contribution in [0, 0.1) is 0 Å². The summed E-state index contributed by atoms with van der Waals surface area (Å²) in [5.41, 5.74) is 7.67. The summed E-state index contributed by atoms with van der Waals surface area (Å²) in [4.78, 5) is 8.98. The molecule has 4 atom stereocenters. The number of benzene rings is 1. The first-order chi connectivity index (χ1) is 15.9. The summed E-state index contributed by atoms with van der Waals surface area (Å²) in [6, 6.07) is 7.69. The minimum Gasteiger partial charge on any atom is -0.497 e. The topological polar surface area (TPSA) is 115 Å². The SMILES string of the molecule is COc1ccc(CNc2ncnc3c2ccn3[C@@H]2O[C@H](CN)[C@H]3OC(C)(C)O[C@H]32)c(OC)c1. The number of fused-ring (bicyclic) bond motifs is 2. The van der Waals surface area contributed by atoms with Gasteiger partial charge in [-0.15, -0.1) is 0 Å². The van der Waals surface area contributed by atoms with Gasteiger partial charge in [0.05, 0.1) is 19.6 Å². The van der Waals surface area contributed by atoms with Crippen LogP contribution in [0.2, 0.25) is 0 Å². The highest BCUT2D eigenvalue weighted by Crippen LogP contribution is 2.43. The smallest absolute Gasteiger partial charge is 0.164 e. The number of ether oxygens (including phenoxy) is 5. The zero-order valence-electron chi connectivity index (χ0n) is 19.1. The number of nitrogens with two attached hydrogens (primary N) is 1. The Morgan fingerprint density at radius 2 is 1.94 bits per heavy atom. The van der Waals surface area contributed by atoms with Gasteiger partial charge in [0.2, 0.25) is 0 Å². The highest BCUT2D eigenvalue weighted by Gasteiger charge is 2.55. The fourth-order valence-corrected chi connectivity index (χ4v) is 4.57. The van der Waals surface area contributed by atoms with Crippen LogP contribution in [0.15, 0.2) is 36.8 Å². The van der Waals surface area contributed by atoms with Crippen molar-refractivity contribution in [2.24, 2.45) is 5.73 Å². The first kappa shape index (κ1) is 21.9. The van der Waals surface area contributed by atoms with Crippen molar-refractivity contribution in [2.45, 2.75) is 50.7 Å². The standard InChI is InChI=1S/C23H29N5O5/c1-23(2)32-18-17(10-24)31-22(19(18)33-23)28-8-7-15-20(26-12-27-21(15)28)25-11-13-5-6-14(29-3)9-16(13)30-4/h5-9,12,17-19,22H,10-11,24H2,1-4H3,(H,25,26,27)/t17-,18-,19-,22-/m1/s1. The Kier molecular flexibility index (Phi) is 5.61. The predicted molar refractivity (Wildman–Crippen MR) is 121 cm³/mol. The van der Waals surface area contributed by atoms with E-state index in [0.717, 1.165) is 28.1 Å². The molecule has 0 spiro atoms. The average Bonchev–Trinajstić information content (AvgIpc) is 3.48. The van der Waals surface area contributed by atoms with Crippen LogP contribution in [0.1, 0.15) is 25.6 Å². The van der Waals surface area contributed by atoms with Crippen LogP contribution < -0.4 is 20.5 Å². The molecule has 10 nitrogen and oxygen atoms in total. The van der Waals surface area contributed by atoms with Gasteiger partial charge in [-0.3, -0.25) is 0 Å². The van der Waals surface area contributed by atoms with Crippen LogP contribution in [0.25, 0.3) is 11.0 Å². The van der Waals surface area contributed by atoms with Gasteiger partial charge in [0.1, 0.15) is 47.6 Å². The Hall–Kier alpha value is -2.92. The van der Waals surface area contributed by atoms with Crippen LogP contribution in [-0.2, 0) is 20.8 Å². The summed E-state index contributed by atoms with van der Waals surface area (Å²) in [7, 11) is 3.27. The van der Waals surface area contributed by atoms with Gasteiger partial charge in [0.15, 0.2) is 12.0 Å². The van der Waals surface area contributed by atoms with E-state index < -0.39 is 12.0 Å². The summed E-state index contributed by atoms with van der Waals surface area (Å²) >= 11 is 0. The van der Waals surface area contributed by atoms with Crippen molar-refractivity contribution in [3.8, 4) is 11.5 Å². The summed E-state index contributed by atoms with van der Waals surface area (Å²) < 4.78 is 31.2. The van der Waals surface area contributed by atoms with Crippen LogP contribution >= 0.6 is 0 Å². The quantitative estimate of drug-likeness (QED) is 0.554. The lowest BCUT2D eigenvalue weighted by Gasteiger charge is -2.24. The van der Waals surface area contributed by atoms with Crippen molar-refractivity contribution >= 4 is 16.9 Å². The number of hydrogen-bond acceptors (Lipinski definition) is 9. The Morgan fingerprint density at radius 1 is 1.12 bits per heavy atom. The summed E-state index contributed by atoms with van der Waals surface area (Å²) in [5, 5.41) is 4.27. The molecule has 4 heterocycles. The average molecular weight is 456 g/mol. The number of nitrogens with one attached hydrogen (secondary N) is 1. The third-order valence-electron chi connectivity index (χ3n) is 6.08. The third-order valence-corrected chi connectivity index (χ3v) is 6.08. The number of methoxy groups -OCH3 is 2. The van der Waals surface area contributed by atoms with E-state index in [4.69, 9.17) is 29.4 Å². The molecule has 176 valence electrons. The molecule has 0 radical (unpaired) electrons. The van der Waals surface area contributed by atoms with E-state index in [1.165, 1.54) is 6.33 Å². The van der Waals surface area contributed by atoms with E-state index in [1.807, 2.05) is 48.9 Å². The van der Waals surface area contributed by atoms with Crippen molar-refractivity contribution in [3.05, 3.63) is 42.4 Å². The maximum atomic E-state index is 6.22. The fourth-order valence-electron chi connectivity index (χ4n) is 4.57. The van der Waals surface area contributed by atoms with E-state index in [2.05, 4.69) is 15.3 Å². The van der Waals surface area contributed by atoms with Crippen molar-refractivity contribution in [1.29, 1.82) is 0 Å². The van der Waals surface area contributed by atoms with Gasteiger partial charge in [0, 0.05) is 30.9 Å². The Morgan fingerprint density at radius 3 is 2.70 bits per heavy atom. The first-order valence-corrected chi connectivity index (χ1v) is 10.9. The lowest BCUT2D eigenvalue weighted by Crippen LogP contribution is -2.34. The second-order valence-electron chi connectivity index (χ2n) is 8.58. The van der Waals surface area contributed by atoms with E-state index in [0.29, 0.717) is 18.9 Å². The molecule has 2 aromatic heterocycles. The Bertz CT molecular complexity index is 1150. The van der Waals surface area contributed by atoms with Gasteiger partial charge < -0.3 is 39.3 Å². The molecule has 0 unspecified atom stereocenters. The molecule has 33 heavy (non-hydrogen) atoms. The van der Waals surface area contributed by atoms with Crippen LogP contribution in [0.5, 0.6) is 11.5 Å². The molecule has 5 rings (SSSR count). The molecule has 2 aliphatic rings. The molecule has 2 aliphatic heterocycles. The van der Waals surface area contributed by atoms with E-state index in [-0.39, 0.29) is 18.3 Å². The van der Waals surface area contributed by atoms with E-state index >= 15 is 0 Å². The predicted octanol–water partition coefficient (Wildman–Crippen LogP) is 2.44. The number of hydrogen-bond donors (Lipinski definition) is 2. The highest BCUT2D eigenvalue weighted by molar-refractivity contribution is 5.87. The zero-order valence-corrected chi connectivity index (χ0v) is 19.1. The number of nitrogens with zero attached hydrogens (tertiary/aromatic N) is 3. The minimum atomic E-state index is -0.688. The second-order valence-corrected chi connectivity index (χ2v) is 8.58. The summed E-state index contributed by atoms with van der Waals surface area (Å²) in [6.45, 7) is 4.68. The van der Waals surface area contributed by atoms with Gasteiger partial charge in [0.25, 0.3) is 0 Å². The molecule has 2 fully saturated rings. The van der Waals surface area contributed by atoms with Crippen LogP contribution in [0.4, 0.5) is 5.82 Å². The van der Waals surface area contributed by atoms with Crippen molar-refractivity contribution in [1.82, 2.24) is 14.5 Å². The van der Waals surface area contributed by atoms with Crippen molar-refractivity contribution < 1.29 is 23.7 Å². The molecule has 3 aromatic rings. The normalized spacial score (nSPS) is 25.8. The highest BCUT2D eigenvalue weighted by atomic mass is 16.8. The lowest BCUT2D eigenvalue weighted by atomic mass is 10.1. The van der Waals surface area contributed by atoms with Gasteiger partial charge in [-0.25, -0.2) is 9.97 Å². The Balaban J connectivity index is 1.41. The molecular formula is C23H29N5O5. The molecular weight excluding hydrogens is 426 g/mol. The molecule has 0 bridgehead atoms. The van der Waals surface area contributed by atoms with Gasteiger partial charge in [-0.05, 0) is 32.0 Å². The van der Waals surface area contributed by atoms with Gasteiger partial charge in [-0.2, -0.15) is 0 Å². The van der Waals surface area contributed by atoms with Crippen molar-refractivity contribution in [2.75, 3.05) is 26.1 Å². The van der Waals surface area contributed by atoms with Crippen LogP contribution in [0.3, 0.4) is 0 Å². The molecule has 10 heteroatoms. The maximum absolute atomic E-state index is 6.22. The number of aromatic nitrogens is 3. The van der Waals surface area contributed by atoms with Gasteiger partial charge in [-0.1, -0.05) is 0 Å². The Labute approximate surface area is 191 Å². The lowest BCUT2D eigenvalue weighted by molar-refractivity contribution is -0.195. The second kappa shape index (κ2) is 8.45. The fraction of sp³-hybridized carbons (Fsp3) is 0.478. The first-order valence-electron chi connectivity index (χ1n) is 10.9. The molecule has 0 amide bonds. The molecule has 2 saturated heterocycles. The summed E-state index contributed by atoms with van der Waals surface area (Å²) in [5.74, 6) is 1.51.